The highest BCUT2D eigenvalue weighted by molar-refractivity contribution is 7.95. The fourth-order valence-electron chi connectivity index (χ4n) is 4.66. The van der Waals surface area contributed by atoms with Gasteiger partial charge in [0.2, 0.25) is 0 Å². The van der Waals surface area contributed by atoms with E-state index in [2.05, 4.69) is 130 Å². The predicted molar refractivity (Wildman–Crippen MR) is 173 cm³/mol. The monoisotopic (exact) mass is 576 g/mol. The number of nitrogens with zero attached hydrogens (tertiary/aromatic N) is 1. The van der Waals surface area contributed by atoms with E-state index >= 15 is 4.39 Å². The number of aromatic nitrogens is 1. The van der Waals surface area contributed by atoms with Crippen LogP contribution in [-0.2, 0) is 4.43 Å². The molecule has 0 aliphatic rings. The number of benzene rings is 3. The number of rotatable bonds is 10. The fraction of sp³-hybridized carbons (Fsp3) is 0.303. The highest BCUT2D eigenvalue weighted by atomic mass is 32.1. The summed E-state index contributed by atoms with van der Waals surface area (Å²) in [6, 6.07) is 32.3. The van der Waals surface area contributed by atoms with Crippen molar-refractivity contribution >= 4 is 48.9 Å². The molecule has 39 heavy (non-hydrogen) atoms. The molecular formula is C33H40FNOPSSi+. The van der Waals surface area contributed by atoms with Gasteiger partial charge in [0.15, 0.2) is 8.32 Å². The lowest BCUT2D eigenvalue weighted by atomic mass is 10.2. The summed E-state index contributed by atoms with van der Waals surface area (Å²) in [5.74, 6) is -0.239. The van der Waals surface area contributed by atoms with Gasteiger partial charge in [0.05, 0.1) is 16.9 Å². The Hall–Kier alpha value is -2.43. The molecule has 2 nitrogen and oxygen atoms in total. The van der Waals surface area contributed by atoms with Gasteiger partial charge in [-0.05, 0) is 67.5 Å². The van der Waals surface area contributed by atoms with Crippen molar-refractivity contribution in [3.05, 3.63) is 113 Å². The third-order valence-corrected chi connectivity index (χ3v) is 17.5. The van der Waals surface area contributed by atoms with Crippen molar-refractivity contribution in [2.24, 2.45) is 0 Å². The highest BCUT2D eigenvalue weighted by Crippen LogP contribution is 2.56. The second kappa shape index (κ2) is 12.4. The highest BCUT2D eigenvalue weighted by Gasteiger charge is 2.47. The third kappa shape index (κ3) is 6.84. The van der Waals surface area contributed by atoms with Gasteiger partial charge >= 0.3 is 0 Å². The second-order valence-electron chi connectivity index (χ2n) is 11.5. The topological polar surface area (TPSA) is 22.1 Å². The first-order valence-electron chi connectivity index (χ1n) is 13.5. The molecule has 1 atom stereocenters. The van der Waals surface area contributed by atoms with Crippen LogP contribution in [0.1, 0.15) is 37.9 Å². The smallest absolute Gasteiger partial charge is 0.193 e. The largest absolute Gasteiger partial charge is 0.407 e. The quantitative estimate of drug-likeness (QED) is 0.139. The standard InChI is InChI=1S/C33H40FNOPSSi/c1-26-35-27(25-38-26)24-31(34)32(36-39(5,6)33(2,3)4)22-23-37(28-16-10-7-11-17-28,29-18-12-8-13-19-29)30-20-14-9-15-21-30/h7-21,24-25,32H,22-23H2,1-6H3/q+1/b31-24-/t32-/m0/s1. The lowest BCUT2D eigenvalue weighted by molar-refractivity contribution is 0.186. The molecule has 0 N–H and O–H groups in total. The van der Waals surface area contributed by atoms with Crippen LogP contribution < -0.4 is 15.9 Å². The Labute approximate surface area is 239 Å². The predicted octanol–water partition coefficient (Wildman–Crippen LogP) is 8.54. The average molecular weight is 577 g/mol. The molecule has 0 saturated heterocycles. The van der Waals surface area contributed by atoms with E-state index in [1.807, 2.05) is 12.3 Å². The van der Waals surface area contributed by atoms with Gasteiger partial charge in [-0.25, -0.2) is 9.37 Å². The van der Waals surface area contributed by atoms with E-state index in [0.29, 0.717) is 12.1 Å². The average Bonchev–Trinajstić information content (AvgIpc) is 3.33. The zero-order valence-electron chi connectivity index (χ0n) is 23.9. The van der Waals surface area contributed by atoms with E-state index < -0.39 is 21.7 Å². The maximum atomic E-state index is 16.2. The number of thiazole rings is 1. The molecule has 0 aliphatic heterocycles. The minimum Gasteiger partial charge on any atom is -0.407 e. The van der Waals surface area contributed by atoms with Crippen molar-refractivity contribution in [2.75, 3.05) is 6.16 Å². The summed E-state index contributed by atoms with van der Waals surface area (Å²) in [7, 11) is -4.37. The zero-order valence-corrected chi connectivity index (χ0v) is 26.6. The van der Waals surface area contributed by atoms with Gasteiger partial charge in [0.25, 0.3) is 0 Å². The number of aryl methyl sites for hydroxylation is 1. The molecule has 3 aromatic carbocycles. The van der Waals surface area contributed by atoms with Gasteiger partial charge < -0.3 is 4.43 Å². The molecule has 6 heteroatoms. The van der Waals surface area contributed by atoms with E-state index in [9.17, 15) is 0 Å². The first kappa shape index (κ1) is 29.5. The van der Waals surface area contributed by atoms with Crippen LogP contribution >= 0.6 is 18.6 Å². The normalized spacial score (nSPS) is 13.9. The van der Waals surface area contributed by atoms with E-state index in [1.165, 1.54) is 27.3 Å². The van der Waals surface area contributed by atoms with Crippen molar-refractivity contribution in [2.45, 2.75) is 58.4 Å². The molecule has 0 saturated carbocycles. The van der Waals surface area contributed by atoms with Gasteiger partial charge in [0.1, 0.15) is 35.1 Å². The van der Waals surface area contributed by atoms with Crippen LogP contribution in [0.3, 0.4) is 0 Å². The maximum absolute atomic E-state index is 16.2. The van der Waals surface area contributed by atoms with Gasteiger partial charge in [-0.1, -0.05) is 75.4 Å². The van der Waals surface area contributed by atoms with Crippen molar-refractivity contribution in [3.8, 4) is 0 Å². The number of hydrogen-bond acceptors (Lipinski definition) is 3. The molecule has 0 fully saturated rings. The summed E-state index contributed by atoms with van der Waals surface area (Å²) in [5, 5.41) is 6.70. The Balaban J connectivity index is 1.82. The van der Waals surface area contributed by atoms with Crippen LogP contribution in [0.25, 0.3) is 6.08 Å². The molecule has 4 rings (SSSR count). The maximum Gasteiger partial charge on any atom is 0.193 e. The van der Waals surface area contributed by atoms with Crippen LogP contribution in [-0.4, -0.2) is 25.6 Å². The molecule has 0 radical (unpaired) electrons. The SMILES string of the molecule is Cc1nc(/C=C(\F)[C@H](CC[P+](c2ccccc2)(c2ccccc2)c2ccccc2)O[Si](C)(C)C(C)(C)C)cs1. The van der Waals surface area contributed by atoms with Crippen molar-refractivity contribution in [1.82, 2.24) is 4.98 Å². The molecule has 204 valence electrons. The van der Waals surface area contributed by atoms with E-state index in [-0.39, 0.29) is 10.9 Å². The molecule has 1 aromatic heterocycles. The summed E-state index contributed by atoms with van der Waals surface area (Å²) in [6.07, 6.45) is 2.31. The minimum atomic E-state index is -2.26. The summed E-state index contributed by atoms with van der Waals surface area (Å²) in [6.45, 7) is 13.0. The Morgan fingerprint density at radius 1 is 0.897 bits per heavy atom. The van der Waals surface area contributed by atoms with Crippen molar-refractivity contribution in [3.63, 3.8) is 0 Å². The molecule has 0 unspecified atom stereocenters. The van der Waals surface area contributed by atoms with Crippen LogP contribution in [0.2, 0.25) is 18.1 Å². The summed E-state index contributed by atoms with van der Waals surface area (Å²) in [5.41, 5.74) is 0.661. The molecule has 0 bridgehead atoms. The number of hydrogen-bond donors (Lipinski definition) is 0. The second-order valence-corrected chi connectivity index (χ2v) is 21.0. The van der Waals surface area contributed by atoms with Crippen LogP contribution in [0, 0.1) is 6.92 Å². The number of halogens is 1. The summed E-state index contributed by atoms with van der Waals surface area (Å²) < 4.78 is 23.0. The first-order valence-corrected chi connectivity index (χ1v) is 19.3. The Bertz CT molecular complexity index is 1270. The molecule has 0 aliphatic carbocycles. The summed E-state index contributed by atoms with van der Waals surface area (Å²) >= 11 is 1.54. The van der Waals surface area contributed by atoms with E-state index in [0.717, 1.165) is 11.2 Å². The van der Waals surface area contributed by atoms with Crippen molar-refractivity contribution < 1.29 is 8.82 Å². The lowest BCUT2D eigenvalue weighted by Crippen LogP contribution is -2.45. The third-order valence-electron chi connectivity index (χ3n) is 7.79. The van der Waals surface area contributed by atoms with Crippen LogP contribution in [0.4, 0.5) is 4.39 Å². The van der Waals surface area contributed by atoms with Crippen molar-refractivity contribution in [1.29, 1.82) is 0 Å². The van der Waals surface area contributed by atoms with Gasteiger partial charge in [-0.3, -0.25) is 0 Å². The molecule has 0 spiro atoms. The van der Waals surface area contributed by atoms with Crippen LogP contribution in [0.15, 0.2) is 102 Å². The summed E-state index contributed by atoms with van der Waals surface area (Å²) in [4.78, 5) is 4.49. The van der Waals surface area contributed by atoms with E-state index in [1.54, 1.807) is 6.08 Å². The van der Waals surface area contributed by atoms with Crippen LogP contribution in [0.5, 0.6) is 0 Å². The van der Waals surface area contributed by atoms with Gasteiger partial charge in [-0.2, -0.15) is 0 Å². The molecule has 0 amide bonds. The molecular weight excluding hydrogens is 536 g/mol. The first-order chi connectivity index (χ1) is 18.5. The minimum absolute atomic E-state index is 0.0345. The molecule has 1 heterocycles. The molecule has 4 aromatic rings. The van der Waals surface area contributed by atoms with Gasteiger partial charge in [-0.15, -0.1) is 11.3 Å². The fourth-order valence-corrected chi connectivity index (χ4v) is 10.9. The zero-order chi connectivity index (χ0) is 28.1. The lowest BCUT2D eigenvalue weighted by Gasteiger charge is -2.39. The Morgan fingerprint density at radius 3 is 1.74 bits per heavy atom. The van der Waals surface area contributed by atoms with E-state index in [4.69, 9.17) is 4.43 Å². The Morgan fingerprint density at radius 2 is 1.36 bits per heavy atom. The Kier molecular flexibility index (Phi) is 9.39. The van der Waals surface area contributed by atoms with Gasteiger partial charge in [0, 0.05) is 11.8 Å².